The molecule has 1 aromatic carbocycles. The van der Waals surface area contributed by atoms with Crippen molar-refractivity contribution < 1.29 is 14.3 Å². The first-order valence-corrected chi connectivity index (χ1v) is 8.81. The summed E-state index contributed by atoms with van der Waals surface area (Å²) in [4.78, 5) is 23.2. The molecule has 1 aromatic heterocycles. The summed E-state index contributed by atoms with van der Waals surface area (Å²) in [5.74, 6) is 1.59. The molecule has 0 aliphatic carbocycles. The molecule has 138 valence electrons. The number of piperidine rings is 1. The van der Waals surface area contributed by atoms with Gasteiger partial charge < -0.3 is 19.7 Å². The van der Waals surface area contributed by atoms with Gasteiger partial charge in [0, 0.05) is 30.5 Å². The fourth-order valence-corrected chi connectivity index (χ4v) is 2.84. The van der Waals surface area contributed by atoms with Crippen molar-refractivity contribution in [2.45, 2.75) is 26.2 Å². The van der Waals surface area contributed by atoms with Crippen molar-refractivity contribution in [3.05, 3.63) is 36.0 Å². The van der Waals surface area contributed by atoms with E-state index >= 15 is 0 Å². The molecule has 2 heterocycles. The minimum atomic E-state index is -0.244. The van der Waals surface area contributed by atoms with Crippen LogP contribution in [0.1, 0.15) is 25.0 Å². The molecule has 0 spiro atoms. The van der Waals surface area contributed by atoms with Gasteiger partial charge in [-0.25, -0.2) is 4.98 Å². The zero-order valence-corrected chi connectivity index (χ0v) is 15.2. The number of rotatable bonds is 6. The number of nitrogens with zero attached hydrogens (tertiary/aromatic N) is 3. The van der Waals surface area contributed by atoms with Crippen LogP contribution in [0.4, 0.5) is 11.6 Å². The molecule has 0 radical (unpaired) electrons. The zero-order chi connectivity index (χ0) is 18.4. The van der Waals surface area contributed by atoms with E-state index in [1.807, 2.05) is 6.92 Å². The van der Waals surface area contributed by atoms with E-state index in [-0.39, 0.29) is 12.5 Å². The standard InChI is InChI=1S/C19H24N4O3/c1-14-12-18(22-19(20-14)23-10-4-3-5-11-23)26-13-17(24)21-15-6-8-16(25-2)9-7-15/h6-9,12H,3-5,10-11,13H2,1-2H3,(H,21,24). The number of amides is 1. The van der Waals surface area contributed by atoms with Crippen molar-refractivity contribution in [2.75, 3.05) is 37.0 Å². The lowest BCUT2D eigenvalue weighted by atomic mass is 10.1. The van der Waals surface area contributed by atoms with Crippen LogP contribution in [0.5, 0.6) is 11.6 Å². The number of carbonyl (C=O) groups excluding carboxylic acids is 1. The number of methoxy groups -OCH3 is 1. The van der Waals surface area contributed by atoms with Crippen LogP contribution >= 0.6 is 0 Å². The van der Waals surface area contributed by atoms with E-state index in [9.17, 15) is 4.79 Å². The van der Waals surface area contributed by atoms with E-state index in [2.05, 4.69) is 20.2 Å². The molecule has 7 heteroatoms. The molecule has 0 unspecified atom stereocenters. The first kappa shape index (κ1) is 18.0. The summed E-state index contributed by atoms with van der Waals surface area (Å²) < 4.78 is 10.7. The highest BCUT2D eigenvalue weighted by atomic mass is 16.5. The van der Waals surface area contributed by atoms with Crippen LogP contribution in [0.3, 0.4) is 0 Å². The number of carbonyl (C=O) groups is 1. The van der Waals surface area contributed by atoms with Gasteiger partial charge >= 0.3 is 0 Å². The molecule has 1 aliphatic heterocycles. The van der Waals surface area contributed by atoms with Gasteiger partial charge in [0.1, 0.15) is 5.75 Å². The minimum absolute atomic E-state index is 0.109. The van der Waals surface area contributed by atoms with Crippen molar-refractivity contribution in [3.63, 3.8) is 0 Å². The third kappa shape index (κ3) is 4.84. The number of aromatic nitrogens is 2. The van der Waals surface area contributed by atoms with Gasteiger partial charge in [0.15, 0.2) is 6.61 Å². The van der Waals surface area contributed by atoms with Gasteiger partial charge in [-0.05, 0) is 50.5 Å². The molecule has 1 fully saturated rings. The van der Waals surface area contributed by atoms with E-state index in [0.29, 0.717) is 17.5 Å². The maximum atomic E-state index is 12.1. The van der Waals surface area contributed by atoms with Crippen LogP contribution in [0.2, 0.25) is 0 Å². The first-order chi connectivity index (χ1) is 12.6. The van der Waals surface area contributed by atoms with Gasteiger partial charge in [-0.3, -0.25) is 4.79 Å². The van der Waals surface area contributed by atoms with Crippen LogP contribution in [-0.4, -0.2) is 42.7 Å². The highest BCUT2D eigenvalue weighted by Gasteiger charge is 2.15. The van der Waals surface area contributed by atoms with Crippen molar-refractivity contribution >= 4 is 17.5 Å². The zero-order valence-electron chi connectivity index (χ0n) is 15.2. The number of hydrogen-bond donors (Lipinski definition) is 1. The molecule has 1 N–H and O–H groups in total. The molecule has 26 heavy (non-hydrogen) atoms. The Morgan fingerprint density at radius 2 is 1.88 bits per heavy atom. The molecule has 0 bridgehead atoms. The lowest BCUT2D eigenvalue weighted by molar-refractivity contribution is -0.118. The number of aryl methyl sites for hydroxylation is 1. The Hall–Kier alpha value is -2.83. The summed E-state index contributed by atoms with van der Waals surface area (Å²) in [6, 6.07) is 8.87. The van der Waals surface area contributed by atoms with Gasteiger partial charge in [-0.15, -0.1) is 0 Å². The molecule has 1 amide bonds. The largest absolute Gasteiger partial charge is 0.497 e. The topological polar surface area (TPSA) is 76.6 Å². The molecule has 3 rings (SSSR count). The van der Waals surface area contributed by atoms with E-state index in [4.69, 9.17) is 9.47 Å². The molecule has 0 atom stereocenters. The summed E-state index contributed by atoms with van der Waals surface area (Å²) in [6.45, 7) is 3.71. The Labute approximate surface area is 153 Å². The van der Waals surface area contributed by atoms with Crippen LogP contribution in [-0.2, 0) is 4.79 Å². The molecule has 1 aliphatic rings. The predicted octanol–water partition coefficient (Wildman–Crippen LogP) is 2.80. The Kier molecular flexibility index (Phi) is 5.88. The Balaban J connectivity index is 1.57. The number of ether oxygens (including phenoxy) is 2. The molecule has 0 saturated carbocycles. The van der Waals surface area contributed by atoms with Crippen LogP contribution < -0.4 is 19.7 Å². The third-order valence-corrected chi connectivity index (χ3v) is 4.18. The van der Waals surface area contributed by atoms with Crippen molar-refractivity contribution in [3.8, 4) is 11.6 Å². The average molecular weight is 356 g/mol. The third-order valence-electron chi connectivity index (χ3n) is 4.18. The summed E-state index contributed by atoms with van der Waals surface area (Å²) in [7, 11) is 1.60. The lowest BCUT2D eigenvalue weighted by Gasteiger charge is -2.26. The lowest BCUT2D eigenvalue weighted by Crippen LogP contribution is -2.31. The predicted molar refractivity (Wildman–Crippen MR) is 100.0 cm³/mol. The quantitative estimate of drug-likeness (QED) is 0.858. The SMILES string of the molecule is COc1ccc(NC(=O)COc2cc(C)nc(N3CCCCC3)n2)cc1. The summed E-state index contributed by atoms with van der Waals surface area (Å²) in [5, 5.41) is 2.78. The Bertz CT molecular complexity index is 743. The first-order valence-electron chi connectivity index (χ1n) is 8.81. The normalized spacial score (nSPS) is 14.0. The summed E-state index contributed by atoms with van der Waals surface area (Å²) >= 11 is 0. The molecular weight excluding hydrogens is 332 g/mol. The van der Waals surface area contributed by atoms with Crippen molar-refractivity contribution in [1.29, 1.82) is 0 Å². The Morgan fingerprint density at radius 3 is 2.58 bits per heavy atom. The highest BCUT2D eigenvalue weighted by Crippen LogP contribution is 2.20. The van der Waals surface area contributed by atoms with E-state index in [0.717, 1.165) is 37.4 Å². The number of hydrogen-bond acceptors (Lipinski definition) is 6. The molecule has 7 nitrogen and oxygen atoms in total. The van der Waals surface area contributed by atoms with Crippen LogP contribution in [0.25, 0.3) is 0 Å². The average Bonchev–Trinajstić information content (AvgIpc) is 2.67. The van der Waals surface area contributed by atoms with Crippen molar-refractivity contribution in [1.82, 2.24) is 9.97 Å². The second-order valence-electron chi connectivity index (χ2n) is 6.26. The van der Waals surface area contributed by atoms with Gasteiger partial charge in [0.05, 0.1) is 7.11 Å². The maximum Gasteiger partial charge on any atom is 0.262 e. The molecule has 1 saturated heterocycles. The summed E-state index contributed by atoms with van der Waals surface area (Å²) in [6.07, 6.45) is 3.55. The maximum absolute atomic E-state index is 12.1. The fraction of sp³-hybridized carbons (Fsp3) is 0.421. The van der Waals surface area contributed by atoms with Gasteiger partial charge in [0.2, 0.25) is 11.8 Å². The van der Waals surface area contributed by atoms with Crippen LogP contribution in [0, 0.1) is 6.92 Å². The highest BCUT2D eigenvalue weighted by molar-refractivity contribution is 5.91. The number of benzene rings is 1. The van der Waals surface area contributed by atoms with Gasteiger partial charge in [-0.2, -0.15) is 4.98 Å². The minimum Gasteiger partial charge on any atom is -0.497 e. The van der Waals surface area contributed by atoms with Crippen molar-refractivity contribution in [2.24, 2.45) is 0 Å². The Morgan fingerprint density at radius 1 is 1.15 bits per heavy atom. The van der Waals surface area contributed by atoms with Crippen LogP contribution in [0.15, 0.2) is 30.3 Å². The second-order valence-corrected chi connectivity index (χ2v) is 6.26. The van der Waals surface area contributed by atoms with Gasteiger partial charge in [-0.1, -0.05) is 0 Å². The monoisotopic (exact) mass is 356 g/mol. The molecular formula is C19H24N4O3. The summed E-state index contributed by atoms with van der Waals surface area (Å²) in [5.41, 5.74) is 1.51. The number of anilines is 2. The second kappa shape index (κ2) is 8.51. The van der Waals surface area contributed by atoms with Gasteiger partial charge in [0.25, 0.3) is 5.91 Å². The van der Waals surface area contributed by atoms with E-state index in [1.165, 1.54) is 6.42 Å². The fourth-order valence-electron chi connectivity index (χ4n) is 2.84. The number of nitrogens with one attached hydrogen (secondary N) is 1. The van der Waals surface area contributed by atoms with E-state index < -0.39 is 0 Å². The molecule has 2 aromatic rings. The smallest absolute Gasteiger partial charge is 0.262 e. The van der Waals surface area contributed by atoms with E-state index in [1.54, 1.807) is 37.4 Å².